The van der Waals surface area contributed by atoms with Gasteiger partial charge in [-0.1, -0.05) is 32.4 Å². The maximum Gasteiger partial charge on any atom is 0.127 e. The average molecular weight is 263 g/mol. The molecule has 1 atom stereocenters. The summed E-state index contributed by atoms with van der Waals surface area (Å²) < 4.78 is 14.0. The third-order valence-electron chi connectivity index (χ3n) is 4.69. The number of rotatable bonds is 4. The third-order valence-corrected chi connectivity index (χ3v) is 4.69. The summed E-state index contributed by atoms with van der Waals surface area (Å²) in [6.07, 6.45) is 4.77. The van der Waals surface area contributed by atoms with Crippen LogP contribution in [0.2, 0.25) is 0 Å². The van der Waals surface area contributed by atoms with Gasteiger partial charge in [0.2, 0.25) is 0 Å². The van der Waals surface area contributed by atoms with Crippen LogP contribution in [0.15, 0.2) is 18.2 Å². The molecular formula is C17H26FN. The van der Waals surface area contributed by atoms with Crippen LogP contribution in [-0.2, 0) is 6.42 Å². The molecule has 1 nitrogen and oxygen atoms in total. The molecule has 0 radical (unpaired) electrons. The van der Waals surface area contributed by atoms with Gasteiger partial charge < -0.3 is 0 Å². The summed E-state index contributed by atoms with van der Waals surface area (Å²) in [6.45, 7) is 8.75. The van der Waals surface area contributed by atoms with Gasteiger partial charge in [-0.05, 0) is 56.8 Å². The van der Waals surface area contributed by atoms with Crippen LogP contribution in [0.25, 0.3) is 0 Å². The third kappa shape index (κ3) is 3.36. The Bertz CT molecular complexity index is 408. The van der Waals surface area contributed by atoms with Gasteiger partial charge >= 0.3 is 0 Å². The smallest absolute Gasteiger partial charge is 0.127 e. The highest BCUT2D eigenvalue weighted by molar-refractivity contribution is 5.27. The second kappa shape index (κ2) is 6.51. The Hall–Kier alpha value is -0.890. The normalized spacial score (nSPS) is 19.6. The van der Waals surface area contributed by atoms with Crippen molar-refractivity contribution in [2.45, 2.75) is 52.5 Å². The van der Waals surface area contributed by atoms with Crippen molar-refractivity contribution in [1.29, 1.82) is 0 Å². The lowest BCUT2D eigenvalue weighted by Crippen LogP contribution is -2.35. The monoisotopic (exact) mass is 263 g/mol. The molecule has 0 unspecified atom stereocenters. The van der Waals surface area contributed by atoms with Crippen molar-refractivity contribution in [3.05, 3.63) is 35.1 Å². The minimum Gasteiger partial charge on any atom is -0.296 e. The van der Waals surface area contributed by atoms with Crippen molar-refractivity contribution in [3.8, 4) is 0 Å². The zero-order valence-electron chi connectivity index (χ0n) is 12.5. The molecule has 0 N–H and O–H groups in total. The van der Waals surface area contributed by atoms with Gasteiger partial charge in [-0.15, -0.1) is 0 Å². The topological polar surface area (TPSA) is 3.24 Å². The number of nitrogens with zero attached hydrogens (tertiary/aromatic N) is 1. The predicted molar refractivity (Wildman–Crippen MR) is 78.8 cm³/mol. The SMILES string of the molecule is CCc1ccc(F)c([C@@H](C)N2CCC(CC)CC2)c1. The van der Waals surface area contributed by atoms with Crippen LogP contribution in [0.5, 0.6) is 0 Å². The van der Waals surface area contributed by atoms with Crippen molar-refractivity contribution >= 4 is 0 Å². The van der Waals surface area contributed by atoms with E-state index in [4.69, 9.17) is 0 Å². The highest BCUT2D eigenvalue weighted by Crippen LogP contribution is 2.29. The largest absolute Gasteiger partial charge is 0.296 e. The van der Waals surface area contributed by atoms with Crippen molar-refractivity contribution < 1.29 is 4.39 Å². The fraction of sp³-hybridized carbons (Fsp3) is 0.647. The molecule has 0 saturated carbocycles. The Labute approximate surface area is 116 Å². The molecule has 2 rings (SSSR count). The highest BCUT2D eigenvalue weighted by atomic mass is 19.1. The lowest BCUT2D eigenvalue weighted by molar-refractivity contribution is 0.137. The summed E-state index contributed by atoms with van der Waals surface area (Å²) in [6, 6.07) is 5.77. The molecule has 0 amide bonds. The Balaban J connectivity index is 2.09. The summed E-state index contributed by atoms with van der Waals surface area (Å²) in [4.78, 5) is 2.43. The van der Waals surface area contributed by atoms with Crippen LogP contribution in [-0.4, -0.2) is 18.0 Å². The molecule has 0 aliphatic carbocycles. The van der Waals surface area contributed by atoms with Gasteiger partial charge in [-0.3, -0.25) is 4.90 Å². The maximum absolute atomic E-state index is 14.0. The first-order valence-electron chi connectivity index (χ1n) is 7.68. The summed E-state index contributed by atoms with van der Waals surface area (Å²) >= 11 is 0. The standard InChI is InChI=1S/C17H26FN/c1-4-14-8-10-19(11-9-14)13(3)16-12-15(5-2)6-7-17(16)18/h6-7,12-14H,4-5,8-11H2,1-3H3/t13-/m1/s1. The minimum atomic E-state index is -0.0534. The molecule has 0 spiro atoms. The number of hydrogen-bond acceptors (Lipinski definition) is 1. The van der Waals surface area contributed by atoms with Crippen molar-refractivity contribution in [1.82, 2.24) is 4.90 Å². The van der Waals surface area contributed by atoms with Crippen LogP contribution < -0.4 is 0 Å². The van der Waals surface area contributed by atoms with E-state index < -0.39 is 0 Å². The molecule has 1 aromatic carbocycles. The van der Waals surface area contributed by atoms with E-state index in [0.29, 0.717) is 0 Å². The zero-order chi connectivity index (χ0) is 13.8. The van der Waals surface area contributed by atoms with E-state index in [1.165, 1.54) is 24.8 Å². The molecule has 1 saturated heterocycles. The van der Waals surface area contributed by atoms with E-state index in [9.17, 15) is 4.39 Å². The second-order valence-electron chi connectivity index (χ2n) is 5.77. The lowest BCUT2D eigenvalue weighted by atomic mass is 9.92. The summed E-state index contributed by atoms with van der Waals surface area (Å²) in [7, 11) is 0. The van der Waals surface area contributed by atoms with E-state index in [2.05, 4.69) is 25.7 Å². The predicted octanol–water partition coefficient (Wildman–Crippen LogP) is 4.57. The van der Waals surface area contributed by atoms with E-state index in [1.807, 2.05) is 12.1 Å². The fourth-order valence-corrected chi connectivity index (χ4v) is 3.08. The number of likely N-dealkylation sites (tertiary alicyclic amines) is 1. The average Bonchev–Trinajstić information content (AvgIpc) is 2.47. The Kier molecular flexibility index (Phi) is 4.98. The number of piperidine rings is 1. The Morgan fingerprint density at radius 1 is 1.26 bits per heavy atom. The van der Waals surface area contributed by atoms with Gasteiger partial charge in [0.1, 0.15) is 5.82 Å². The van der Waals surface area contributed by atoms with E-state index in [0.717, 1.165) is 31.0 Å². The first kappa shape index (κ1) is 14.5. The Morgan fingerprint density at radius 3 is 2.53 bits per heavy atom. The van der Waals surface area contributed by atoms with Crippen LogP contribution in [0.3, 0.4) is 0 Å². The van der Waals surface area contributed by atoms with E-state index >= 15 is 0 Å². The lowest BCUT2D eigenvalue weighted by Gasteiger charge is -2.36. The zero-order valence-corrected chi connectivity index (χ0v) is 12.5. The molecule has 1 aliphatic rings. The first-order valence-corrected chi connectivity index (χ1v) is 7.68. The molecule has 19 heavy (non-hydrogen) atoms. The van der Waals surface area contributed by atoms with E-state index in [1.54, 1.807) is 6.07 Å². The summed E-state index contributed by atoms with van der Waals surface area (Å²) in [5.74, 6) is 0.817. The van der Waals surface area contributed by atoms with Crippen molar-refractivity contribution in [2.24, 2.45) is 5.92 Å². The van der Waals surface area contributed by atoms with E-state index in [-0.39, 0.29) is 11.9 Å². The van der Waals surface area contributed by atoms with Crippen molar-refractivity contribution in [2.75, 3.05) is 13.1 Å². The van der Waals surface area contributed by atoms with Gasteiger partial charge in [0, 0.05) is 11.6 Å². The summed E-state index contributed by atoms with van der Waals surface area (Å²) in [5.41, 5.74) is 2.10. The molecular weight excluding hydrogens is 237 g/mol. The van der Waals surface area contributed by atoms with Gasteiger partial charge in [0.15, 0.2) is 0 Å². The molecule has 1 aliphatic heterocycles. The van der Waals surface area contributed by atoms with Crippen LogP contribution in [0.1, 0.15) is 57.2 Å². The number of benzene rings is 1. The minimum absolute atomic E-state index is 0.0534. The van der Waals surface area contributed by atoms with Crippen LogP contribution >= 0.6 is 0 Å². The fourth-order valence-electron chi connectivity index (χ4n) is 3.08. The quantitative estimate of drug-likeness (QED) is 0.769. The molecule has 0 bridgehead atoms. The first-order chi connectivity index (χ1) is 9.15. The van der Waals surface area contributed by atoms with Gasteiger partial charge in [-0.2, -0.15) is 0 Å². The van der Waals surface area contributed by atoms with Gasteiger partial charge in [-0.25, -0.2) is 4.39 Å². The van der Waals surface area contributed by atoms with Crippen LogP contribution in [0.4, 0.5) is 4.39 Å². The highest BCUT2D eigenvalue weighted by Gasteiger charge is 2.24. The Morgan fingerprint density at radius 2 is 1.95 bits per heavy atom. The molecule has 106 valence electrons. The summed E-state index contributed by atoms with van der Waals surface area (Å²) in [5, 5.41) is 0. The van der Waals surface area contributed by atoms with Gasteiger partial charge in [0.25, 0.3) is 0 Å². The molecule has 1 fully saturated rings. The second-order valence-corrected chi connectivity index (χ2v) is 5.77. The molecule has 2 heteroatoms. The maximum atomic E-state index is 14.0. The van der Waals surface area contributed by atoms with Crippen LogP contribution in [0, 0.1) is 11.7 Å². The van der Waals surface area contributed by atoms with Crippen molar-refractivity contribution in [3.63, 3.8) is 0 Å². The van der Waals surface area contributed by atoms with Gasteiger partial charge in [0.05, 0.1) is 0 Å². The number of halogens is 1. The molecule has 0 aromatic heterocycles. The number of aryl methyl sites for hydroxylation is 1. The number of hydrogen-bond donors (Lipinski definition) is 0. The molecule has 1 heterocycles. The molecule has 1 aromatic rings.